The second-order valence-electron chi connectivity index (χ2n) is 3.13. The largest absolute Gasteiger partial charge is 0.467 e. The van der Waals surface area contributed by atoms with Crippen LogP contribution in [0.25, 0.3) is 0 Å². The molecule has 94 valence electrons. The molecule has 8 heteroatoms. The minimum Gasteiger partial charge on any atom is -0.467 e. The Kier molecular flexibility index (Phi) is 4.98. The quantitative estimate of drug-likeness (QED) is 0.682. The summed E-state index contributed by atoms with van der Waals surface area (Å²) in [6.45, 7) is 1.32. The molecule has 2 N–H and O–H groups in total. The maximum atomic E-state index is 11.8. The van der Waals surface area contributed by atoms with Gasteiger partial charge in [0.15, 0.2) is 6.04 Å². The highest BCUT2D eigenvalue weighted by Gasteiger charge is 2.23. The highest BCUT2D eigenvalue weighted by molar-refractivity contribution is 7.08. The first kappa shape index (κ1) is 13.5. The van der Waals surface area contributed by atoms with Crippen molar-refractivity contribution in [3.8, 4) is 0 Å². The molecular formula is C9H13N3O4S. The number of esters is 1. The fourth-order valence-electron chi connectivity index (χ4n) is 1.16. The summed E-state index contributed by atoms with van der Waals surface area (Å²) in [6.07, 6.45) is 0.571. The van der Waals surface area contributed by atoms with Crippen molar-refractivity contribution in [2.75, 3.05) is 13.7 Å². The molecule has 1 aromatic heterocycles. The van der Waals surface area contributed by atoms with E-state index in [2.05, 4.69) is 19.6 Å². The first-order chi connectivity index (χ1) is 8.13. The molecule has 0 aromatic carbocycles. The molecule has 0 saturated carbocycles. The average molecular weight is 259 g/mol. The third-order valence-corrected chi connectivity index (χ3v) is 2.84. The normalized spacial score (nSPS) is 11.9. The number of carbonyl (C=O) groups excluding carboxylic acids is 2. The number of hydrogen-bond acceptors (Lipinski definition) is 7. The summed E-state index contributed by atoms with van der Waals surface area (Å²) in [7, 11) is 1.18. The van der Waals surface area contributed by atoms with Crippen LogP contribution in [0.2, 0.25) is 0 Å². The van der Waals surface area contributed by atoms with Gasteiger partial charge in [0.25, 0.3) is 5.91 Å². The number of rotatable bonds is 5. The standard InChI is InChI=1S/C9H13N3O4S/c1-3-5-7(17-12-11-5)8(14)10-6(4-13)9(15)16-2/h6,13H,3-4H2,1-2H3,(H,10,14). The number of nitrogens with zero attached hydrogens (tertiary/aromatic N) is 2. The van der Waals surface area contributed by atoms with E-state index >= 15 is 0 Å². The second-order valence-corrected chi connectivity index (χ2v) is 3.89. The van der Waals surface area contributed by atoms with Crippen LogP contribution in [-0.4, -0.2) is 46.3 Å². The lowest BCUT2D eigenvalue weighted by Gasteiger charge is -2.12. The zero-order valence-corrected chi connectivity index (χ0v) is 10.3. The van der Waals surface area contributed by atoms with E-state index in [9.17, 15) is 9.59 Å². The Morgan fingerprint density at radius 3 is 2.82 bits per heavy atom. The van der Waals surface area contributed by atoms with Crippen LogP contribution in [0.3, 0.4) is 0 Å². The maximum absolute atomic E-state index is 11.8. The summed E-state index contributed by atoms with van der Waals surface area (Å²) in [5.74, 6) is -1.18. The summed E-state index contributed by atoms with van der Waals surface area (Å²) in [6, 6.07) is -1.07. The predicted octanol–water partition coefficient (Wildman–Crippen LogP) is -0.636. The molecule has 1 aromatic rings. The smallest absolute Gasteiger partial charge is 0.330 e. The van der Waals surface area contributed by atoms with Gasteiger partial charge in [0.1, 0.15) is 4.88 Å². The van der Waals surface area contributed by atoms with Crippen LogP contribution in [0, 0.1) is 0 Å². The second kappa shape index (κ2) is 6.26. The number of ether oxygens (including phenoxy) is 1. The van der Waals surface area contributed by atoms with Gasteiger partial charge in [-0.2, -0.15) is 0 Å². The lowest BCUT2D eigenvalue weighted by atomic mass is 10.2. The Hall–Kier alpha value is -1.54. The zero-order chi connectivity index (χ0) is 12.8. The first-order valence-corrected chi connectivity index (χ1v) is 5.72. The van der Waals surface area contributed by atoms with Crippen LogP contribution in [0.15, 0.2) is 0 Å². The van der Waals surface area contributed by atoms with E-state index in [0.717, 1.165) is 11.5 Å². The van der Waals surface area contributed by atoms with Crippen molar-refractivity contribution in [1.29, 1.82) is 0 Å². The van der Waals surface area contributed by atoms with Gasteiger partial charge in [-0.15, -0.1) is 5.10 Å². The molecule has 17 heavy (non-hydrogen) atoms. The molecule has 0 aliphatic carbocycles. The molecule has 1 heterocycles. The van der Waals surface area contributed by atoms with E-state index in [1.807, 2.05) is 6.92 Å². The number of aromatic nitrogens is 2. The Morgan fingerprint density at radius 1 is 1.59 bits per heavy atom. The number of aryl methyl sites for hydroxylation is 1. The number of carbonyl (C=O) groups is 2. The van der Waals surface area contributed by atoms with E-state index in [0.29, 0.717) is 17.0 Å². The Bertz CT molecular complexity index is 407. The number of methoxy groups -OCH3 is 1. The number of nitrogens with one attached hydrogen (secondary N) is 1. The minimum absolute atomic E-state index is 0.342. The topological polar surface area (TPSA) is 101 Å². The van der Waals surface area contributed by atoms with Crippen molar-refractivity contribution >= 4 is 23.4 Å². The molecule has 7 nitrogen and oxygen atoms in total. The highest BCUT2D eigenvalue weighted by atomic mass is 32.1. The van der Waals surface area contributed by atoms with Crippen LogP contribution in [0.1, 0.15) is 22.3 Å². The SMILES string of the molecule is CCc1nnsc1C(=O)NC(CO)C(=O)OC. The number of aliphatic hydroxyl groups is 1. The molecule has 0 spiro atoms. The van der Waals surface area contributed by atoms with E-state index in [1.54, 1.807) is 0 Å². The molecule has 1 amide bonds. The molecule has 1 atom stereocenters. The molecule has 0 aliphatic heterocycles. The lowest BCUT2D eigenvalue weighted by molar-refractivity contribution is -0.143. The van der Waals surface area contributed by atoms with E-state index in [4.69, 9.17) is 5.11 Å². The van der Waals surface area contributed by atoms with Gasteiger partial charge in [0.2, 0.25) is 0 Å². The monoisotopic (exact) mass is 259 g/mol. The Morgan fingerprint density at radius 2 is 2.29 bits per heavy atom. The summed E-state index contributed by atoms with van der Waals surface area (Å²) < 4.78 is 8.10. The third-order valence-electron chi connectivity index (χ3n) is 2.07. The van der Waals surface area contributed by atoms with Gasteiger partial charge >= 0.3 is 5.97 Å². The Balaban J connectivity index is 2.74. The molecule has 1 unspecified atom stereocenters. The molecular weight excluding hydrogens is 246 g/mol. The fourth-order valence-corrected chi connectivity index (χ4v) is 1.81. The van der Waals surface area contributed by atoms with Gasteiger partial charge in [-0.05, 0) is 18.0 Å². The molecule has 1 rings (SSSR count). The van der Waals surface area contributed by atoms with Crippen LogP contribution in [0.4, 0.5) is 0 Å². The van der Waals surface area contributed by atoms with Gasteiger partial charge in [0, 0.05) is 0 Å². The molecule has 0 saturated heterocycles. The summed E-state index contributed by atoms with van der Waals surface area (Å²) in [5, 5.41) is 15.1. The summed E-state index contributed by atoms with van der Waals surface area (Å²) in [5.41, 5.74) is 0.564. The Labute approximate surface area is 102 Å². The lowest BCUT2D eigenvalue weighted by Crippen LogP contribution is -2.44. The maximum Gasteiger partial charge on any atom is 0.330 e. The van der Waals surface area contributed by atoms with E-state index in [1.165, 1.54) is 7.11 Å². The fraction of sp³-hybridized carbons (Fsp3) is 0.556. The van der Waals surface area contributed by atoms with Gasteiger partial charge in [-0.25, -0.2) is 4.79 Å². The van der Waals surface area contributed by atoms with Crippen LogP contribution in [0.5, 0.6) is 0 Å². The molecule has 0 fully saturated rings. The van der Waals surface area contributed by atoms with Gasteiger partial charge < -0.3 is 15.2 Å². The highest BCUT2D eigenvalue weighted by Crippen LogP contribution is 2.11. The third kappa shape index (κ3) is 3.21. The van der Waals surface area contributed by atoms with Gasteiger partial charge in [0.05, 0.1) is 19.4 Å². The van der Waals surface area contributed by atoms with Crippen molar-refractivity contribution in [3.05, 3.63) is 10.6 Å². The number of hydrogen-bond donors (Lipinski definition) is 2. The first-order valence-electron chi connectivity index (χ1n) is 4.94. The van der Waals surface area contributed by atoms with Crippen molar-refractivity contribution in [2.45, 2.75) is 19.4 Å². The molecule has 0 bridgehead atoms. The predicted molar refractivity (Wildman–Crippen MR) is 59.6 cm³/mol. The van der Waals surface area contributed by atoms with Crippen molar-refractivity contribution in [2.24, 2.45) is 0 Å². The zero-order valence-electron chi connectivity index (χ0n) is 9.47. The van der Waals surface area contributed by atoms with E-state index < -0.39 is 24.5 Å². The van der Waals surface area contributed by atoms with Crippen LogP contribution >= 0.6 is 11.5 Å². The van der Waals surface area contributed by atoms with Crippen LogP contribution in [-0.2, 0) is 16.0 Å². The summed E-state index contributed by atoms with van der Waals surface area (Å²) in [4.78, 5) is 23.3. The van der Waals surface area contributed by atoms with Crippen molar-refractivity contribution in [3.63, 3.8) is 0 Å². The molecule has 0 radical (unpaired) electrons. The van der Waals surface area contributed by atoms with Gasteiger partial charge in [-0.3, -0.25) is 4.79 Å². The van der Waals surface area contributed by atoms with Crippen LogP contribution < -0.4 is 5.32 Å². The van der Waals surface area contributed by atoms with Crippen molar-refractivity contribution in [1.82, 2.24) is 14.9 Å². The van der Waals surface area contributed by atoms with Gasteiger partial charge in [-0.1, -0.05) is 11.4 Å². The minimum atomic E-state index is -1.07. The molecule has 0 aliphatic rings. The van der Waals surface area contributed by atoms with Crippen molar-refractivity contribution < 1.29 is 19.4 Å². The average Bonchev–Trinajstić information content (AvgIpc) is 2.82. The number of aliphatic hydroxyl groups excluding tert-OH is 1. The van der Waals surface area contributed by atoms with E-state index in [-0.39, 0.29) is 0 Å². The number of amides is 1. The summed E-state index contributed by atoms with van der Waals surface area (Å²) >= 11 is 0.947.